The van der Waals surface area contributed by atoms with Crippen molar-refractivity contribution < 1.29 is 18.0 Å². The molecule has 0 amide bonds. The molecule has 0 aliphatic carbocycles. The zero-order valence-corrected chi connectivity index (χ0v) is 6.82. The van der Waals surface area contributed by atoms with Crippen molar-refractivity contribution in [1.29, 1.82) is 0 Å². The van der Waals surface area contributed by atoms with Crippen LogP contribution in [-0.4, -0.2) is 26.9 Å². The summed E-state index contributed by atoms with van der Waals surface area (Å²) in [7, 11) is 0. The third kappa shape index (κ3) is 3.69. The first-order valence-corrected chi connectivity index (χ1v) is 4.99. The Morgan fingerprint density at radius 2 is 2.00 bits per heavy atom. The maximum atomic E-state index is 11.4. The minimum absolute atomic E-state index is 0.0269. The number of carbonyl (C=O) groups is 1. The second kappa shape index (κ2) is 3.78. The van der Waals surface area contributed by atoms with Gasteiger partial charge < -0.3 is 0 Å². The maximum absolute atomic E-state index is 11.4. The molecule has 0 aromatic heterocycles. The van der Waals surface area contributed by atoms with E-state index in [9.17, 15) is 18.0 Å². The van der Waals surface area contributed by atoms with Crippen LogP contribution < -0.4 is 0 Å². The van der Waals surface area contributed by atoms with Crippen molar-refractivity contribution in [2.24, 2.45) is 0 Å². The van der Waals surface area contributed by atoms with Crippen LogP contribution in [0.15, 0.2) is 11.1 Å². The summed E-state index contributed by atoms with van der Waals surface area (Å²) in [4.78, 5) is 11.3. The molecule has 0 rings (SSSR count). The van der Waals surface area contributed by atoms with Crippen molar-refractivity contribution in [3.05, 3.63) is 11.1 Å². The van der Waals surface area contributed by atoms with Crippen molar-refractivity contribution in [3.8, 4) is 0 Å². The van der Waals surface area contributed by atoms with Gasteiger partial charge in [0.25, 0.3) is 0 Å². The summed E-state index contributed by atoms with van der Waals surface area (Å²) in [5, 5.41) is 0. The van der Waals surface area contributed by atoms with Crippen LogP contribution in [0.4, 0.5) is 13.2 Å². The molecule has 0 unspecified atom stereocenters. The van der Waals surface area contributed by atoms with E-state index in [0.717, 1.165) is 0 Å². The van der Waals surface area contributed by atoms with Crippen LogP contribution in [0, 0.1) is 0 Å². The Kier molecular flexibility index (Phi) is 3.68. The zero-order valence-electron chi connectivity index (χ0n) is 5.11. The number of alkyl halides is 3. The standard InChI is InChI=1S/C5H5F3OSe/c1-10-3-2-4(9)5(6,7)8/h2-3H,1H3/b3-2+. The fourth-order valence-corrected chi connectivity index (χ4v) is 0.769. The van der Waals surface area contributed by atoms with Crippen molar-refractivity contribution in [2.45, 2.75) is 12.0 Å². The van der Waals surface area contributed by atoms with Crippen molar-refractivity contribution in [2.75, 3.05) is 0 Å². The van der Waals surface area contributed by atoms with Gasteiger partial charge in [-0.1, -0.05) is 0 Å². The van der Waals surface area contributed by atoms with Gasteiger partial charge >= 0.3 is 61.8 Å². The molecular weight excluding hydrogens is 212 g/mol. The van der Waals surface area contributed by atoms with E-state index in [1.807, 2.05) is 0 Å². The molecule has 0 spiro atoms. The Labute approximate surface area is 62.4 Å². The van der Waals surface area contributed by atoms with Crippen LogP contribution in [0.3, 0.4) is 0 Å². The van der Waals surface area contributed by atoms with Gasteiger partial charge in [-0.25, -0.2) is 0 Å². The molecule has 1 nitrogen and oxygen atoms in total. The molecule has 58 valence electrons. The first kappa shape index (κ1) is 9.72. The van der Waals surface area contributed by atoms with E-state index in [-0.39, 0.29) is 15.0 Å². The Bertz CT molecular complexity index is 149. The molecule has 0 radical (unpaired) electrons. The van der Waals surface area contributed by atoms with Gasteiger partial charge in [-0.15, -0.1) is 0 Å². The van der Waals surface area contributed by atoms with E-state index in [1.54, 1.807) is 5.82 Å². The summed E-state index contributed by atoms with van der Waals surface area (Å²) in [5.41, 5.74) is 0. The van der Waals surface area contributed by atoms with Crippen LogP contribution in [0.1, 0.15) is 0 Å². The summed E-state index contributed by atoms with van der Waals surface area (Å²) < 4.78 is 34.1. The third-order valence-corrected chi connectivity index (χ3v) is 1.49. The molecule has 0 bridgehead atoms. The molecule has 0 saturated heterocycles. The van der Waals surface area contributed by atoms with Crippen LogP contribution in [0.25, 0.3) is 0 Å². The third-order valence-electron chi connectivity index (χ3n) is 0.635. The Morgan fingerprint density at radius 3 is 2.30 bits per heavy atom. The molecule has 0 N–H and O–H groups in total. The van der Waals surface area contributed by atoms with Crippen molar-refractivity contribution in [3.63, 3.8) is 0 Å². The Balaban J connectivity index is 3.98. The van der Waals surface area contributed by atoms with E-state index in [4.69, 9.17) is 0 Å². The van der Waals surface area contributed by atoms with Gasteiger partial charge in [0.1, 0.15) is 0 Å². The number of hydrogen-bond acceptors (Lipinski definition) is 1. The van der Waals surface area contributed by atoms with Gasteiger partial charge in [0.2, 0.25) is 0 Å². The van der Waals surface area contributed by atoms with Crippen LogP contribution in [0.2, 0.25) is 5.82 Å². The molecule has 0 aromatic carbocycles. The summed E-state index contributed by atoms with van der Waals surface area (Å²) in [6, 6.07) is 0. The normalized spacial score (nSPS) is 12.4. The topological polar surface area (TPSA) is 17.1 Å². The van der Waals surface area contributed by atoms with Crippen molar-refractivity contribution in [1.82, 2.24) is 0 Å². The van der Waals surface area contributed by atoms with E-state index in [0.29, 0.717) is 6.08 Å². The number of hydrogen-bond donors (Lipinski definition) is 0. The average Bonchev–Trinajstić information content (AvgIpc) is 1.80. The minimum atomic E-state index is -4.71. The molecule has 10 heavy (non-hydrogen) atoms. The van der Waals surface area contributed by atoms with Gasteiger partial charge in [0.05, 0.1) is 0 Å². The van der Waals surface area contributed by atoms with Crippen LogP contribution >= 0.6 is 0 Å². The van der Waals surface area contributed by atoms with Gasteiger partial charge in [-0.05, 0) is 0 Å². The second-order valence-corrected chi connectivity index (χ2v) is 2.96. The summed E-state index contributed by atoms with van der Waals surface area (Å²) in [6.45, 7) is 0. The number of ketones is 1. The Morgan fingerprint density at radius 1 is 1.50 bits per heavy atom. The SMILES string of the molecule is C[Se]/C=C/C(=O)C(F)(F)F. The quantitative estimate of drug-likeness (QED) is 0.504. The van der Waals surface area contributed by atoms with Crippen LogP contribution in [-0.2, 0) is 4.79 Å². The summed E-state index contributed by atoms with van der Waals surface area (Å²) in [5.74, 6) is -0.0658. The van der Waals surface area contributed by atoms with Gasteiger partial charge in [-0.2, -0.15) is 0 Å². The molecule has 5 heteroatoms. The van der Waals surface area contributed by atoms with E-state index in [1.165, 1.54) is 4.97 Å². The molecule has 0 heterocycles. The van der Waals surface area contributed by atoms with E-state index >= 15 is 0 Å². The molecule has 0 aromatic rings. The molecular formula is C5H5F3OSe. The fraction of sp³-hybridized carbons (Fsp3) is 0.400. The molecule has 0 fully saturated rings. The zero-order chi connectivity index (χ0) is 8.20. The fourth-order valence-electron chi connectivity index (χ4n) is 0.224. The van der Waals surface area contributed by atoms with E-state index in [2.05, 4.69) is 0 Å². The summed E-state index contributed by atoms with van der Waals surface area (Å²) >= 11 is -0.0269. The van der Waals surface area contributed by atoms with E-state index < -0.39 is 12.0 Å². The number of allylic oxidation sites excluding steroid dienone is 1. The summed E-state index contributed by atoms with van der Waals surface area (Å²) in [6.07, 6.45) is -4.14. The Hall–Kier alpha value is -0.281. The van der Waals surface area contributed by atoms with Gasteiger partial charge in [0.15, 0.2) is 0 Å². The van der Waals surface area contributed by atoms with Crippen LogP contribution in [0.5, 0.6) is 0 Å². The number of halogens is 3. The number of rotatable bonds is 2. The first-order chi connectivity index (χ1) is 4.48. The predicted molar refractivity (Wildman–Crippen MR) is 31.8 cm³/mol. The monoisotopic (exact) mass is 218 g/mol. The first-order valence-electron chi connectivity index (χ1n) is 2.29. The van der Waals surface area contributed by atoms with Crippen molar-refractivity contribution >= 4 is 20.7 Å². The molecule has 0 atom stereocenters. The average molecular weight is 217 g/mol. The van der Waals surface area contributed by atoms with Gasteiger partial charge in [0, 0.05) is 0 Å². The second-order valence-electron chi connectivity index (χ2n) is 1.40. The van der Waals surface area contributed by atoms with Gasteiger partial charge in [-0.3, -0.25) is 0 Å². The molecule has 0 saturated carbocycles. The molecule has 0 aliphatic rings. The number of carbonyl (C=O) groups excluding carboxylic acids is 1. The molecule has 0 aliphatic heterocycles. The predicted octanol–water partition coefficient (Wildman–Crippen LogP) is 1.38.